The summed E-state index contributed by atoms with van der Waals surface area (Å²) >= 11 is 6.15. The van der Waals surface area contributed by atoms with Crippen molar-refractivity contribution in [2.75, 3.05) is 0 Å². The SMILES string of the molecule is O=P1(N/N=C/c2ccccc2Cl)C=C(c2ccccc2)OC(c2ccccc2)=C1. The van der Waals surface area contributed by atoms with Crippen LogP contribution in [0.5, 0.6) is 0 Å². The van der Waals surface area contributed by atoms with Gasteiger partial charge in [-0.2, -0.15) is 5.10 Å². The van der Waals surface area contributed by atoms with Crippen LogP contribution in [-0.2, 0) is 9.30 Å². The summed E-state index contributed by atoms with van der Waals surface area (Å²) in [4.78, 5) is 0. The van der Waals surface area contributed by atoms with E-state index in [2.05, 4.69) is 10.3 Å². The van der Waals surface area contributed by atoms with Crippen LogP contribution in [0.25, 0.3) is 11.5 Å². The molecule has 0 saturated heterocycles. The summed E-state index contributed by atoms with van der Waals surface area (Å²) in [6.45, 7) is 0. The van der Waals surface area contributed by atoms with Gasteiger partial charge in [0.1, 0.15) is 11.5 Å². The lowest BCUT2D eigenvalue weighted by Gasteiger charge is -2.22. The van der Waals surface area contributed by atoms with Crippen LogP contribution in [0.2, 0.25) is 5.02 Å². The Hall–Kier alpha value is -3.07. The van der Waals surface area contributed by atoms with Gasteiger partial charge in [0.2, 0.25) is 7.29 Å². The van der Waals surface area contributed by atoms with Crippen LogP contribution in [0, 0.1) is 0 Å². The molecule has 0 amide bonds. The highest BCUT2D eigenvalue weighted by molar-refractivity contribution is 7.68. The number of rotatable bonds is 5. The fourth-order valence-electron chi connectivity index (χ4n) is 2.85. The predicted molar refractivity (Wildman–Crippen MR) is 120 cm³/mol. The molecule has 3 aromatic rings. The van der Waals surface area contributed by atoms with Crippen LogP contribution >= 0.6 is 18.9 Å². The van der Waals surface area contributed by atoms with E-state index in [0.29, 0.717) is 16.5 Å². The predicted octanol–water partition coefficient (Wildman–Crippen LogP) is 6.57. The summed E-state index contributed by atoms with van der Waals surface area (Å²) < 4.78 is 19.7. The molecule has 1 aliphatic rings. The first kappa shape index (κ1) is 19.3. The quantitative estimate of drug-likeness (QED) is 0.288. The Morgan fingerprint density at radius 3 is 1.86 bits per heavy atom. The highest BCUT2D eigenvalue weighted by Crippen LogP contribution is 2.53. The van der Waals surface area contributed by atoms with Crippen molar-refractivity contribution < 1.29 is 9.30 Å². The molecule has 0 aliphatic carbocycles. The van der Waals surface area contributed by atoms with E-state index in [1.54, 1.807) is 23.9 Å². The fourth-order valence-corrected chi connectivity index (χ4v) is 4.57. The second kappa shape index (κ2) is 8.52. The van der Waals surface area contributed by atoms with Gasteiger partial charge in [-0.3, -0.25) is 9.76 Å². The molecule has 6 heteroatoms. The molecular formula is C23H18ClN2O2P. The molecule has 0 aromatic heterocycles. The molecule has 0 radical (unpaired) electrons. The second-order valence-corrected chi connectivity index (χ2v) is 8.95. The third-order valence-electron chi connectivity index (χ3n) is 4.28. The average Bonchev–Trinajstić information content (AvgIpc) is 2.76. The molecule has 0 spiro atoms. The fraction of sp³-hybridized carbons (Fsp3) is 0. The van der Waals surface area contributed by atoms with E-state index in [4.69, 9.17) is 16.3 Å². The Morgan fingerprint density at radius 1 is 0.793 bits per heavy atom. The topological polar surface area (TPSA) is 50.7 Å². The Kier molecular flexibility index (Phi) is 5.66. The molecule has 3 aromatic carbocycles. The number of nitrogens with zero attached hydrogens (tertiary/aromatic N) is 1. The number of halogens is 1. The van der Waals surface area contributed by atoms with Gasteiger partial charge in [-0.15, -0.1) is 0 Å². The highest BCUT2D eigenvalue weighted by atomic mass is 35.5. The standard InChI is InChI=1S/C23H18ClN2O2P/c24-21-14-8-7-13-20(21)15-25-26-29(27)16-22(18-9-3-1-4-10-18)28-23(17-29)19-11-5-2-6-12-19/h1-17H,(H,26,27)/b25-15+. The number of ether oxygens (including phenoxy) is 1. The van der Waals surface area contributed by atoms with E-state index in [1.165, 1.54) is 0 Å². The van der Waals surface area contributed by atoms with Gasteiger partial charge >= 0.3 is 0 Å². The summed E-state index contributed by atoms with van der Waals surface area (Å²) in [7, 11) is -3.15. The van der Waals surface area contributed by atoms with Gasteiger partial charge in [-0.05, 0) is 6.07 Å². The molecule has 4 nitrogen and oxygen atoms in total. The molecule has 1 N–H and O–H groups in total. The van der Waals surface area contributed by atoms with Crippen LogP contribution in [-0.4, -0.2) is 6.21 Å². The van der Waals surface area contributed by atoms with Crippen molar-refractivity contribution >= 4 is 36.6 Å². The summed E-state index contributed by atoms with van der Waals surface area (Å²) in [6, 6.07) is 26.5. The molecule has 0 atom stereocenters. The zero-order chi connectivity index (χ0) is 20.1. The minimum atomic E-state index is -3.15. The van der Waals surface area contributed by atoms with Crippen molar-refractivity contribution in [1.29, 1.82) is 0 Å². The number of hydrogen-bond donors (Lipinski definition) is 1. The third-order valence-corrected chi connectivity index (χ3v) is 6.29. The first-order chi connectivity index (χ1) is 14.1. The summed E-state index contributed by atoms with van der Waals surface area (Å²) in [5, 5.41) is 7.57. The zero-order valence-corrected chi connectivity index (χ0v) is 17.1. The van der Waals surface area contributed by atoms with Crippen molar-refractivity contribution in [3.8, 4) is 0 Å². The zero-order valence-electron chi connectivity index (χ0n) is 15.4. The van der Waals surface area contributed by atoms with Gasteiger partial charge in [0.15, 0.2) is 0 Å². The molecule has 1 aliphatic heterocycles. The number of benzene rings is 3. The maximum atomic E-state index is 13.6. The largest absolute Gasteiger partial charge is 0.456 e. The van der Waals surface area contributed by atoms with Crippen LogP contribution in [0.15, 0.2) is 102 Å². The normalized spacial score (nSPS) is 15.3. The van der Waals surface area contributed by atoms with Gasteiger partial charge in [0.05, 0.1) is 6.21 Å². The highest BCUT2D eigenvalue weighted by Gasteiger charge is 2.26. The number of hydrazone groups is 1. The molecule has 144 valence electrons. The Balaban J connectivity index is 1.68. The average molecular weight is 421 g/mol. The van der Waals surface area contributed by atoms with E-state index in [0.717, 1.165) is 16.7 Å². The van der Waals surface area contributed by atoms with Gasteiger partial charge in [-0.1, -0.05) is 90.5 Å². The molecular weight excluding hydrogens is 403 g/mol. The van der Waals surface area contributed by atoms with E-state index in [9.17, 15) is 4.57 Å². The Morgan fingerprint density at radius 2 is 1.31 bits per heavy atom. The van der Waals surface area contributed by atoms with Crippen molar-refractivity contribution in [2.45, 2.75) is 0 Å². The smallest absolute Gasteiger partial charge is 0.235 e. The molecule has 0 fully saturated rings. The lowest BCUT2D eigenvalue weighted by molar-refractivity contribution is 0.468. The minimum Gasteiger partial charge on any atom is -0.456 e. The van der Waals surface area contributed by atoms with E-state index < -0.39 is 7.29 Å². The van der Waals surface area contributed by atoms with Crippen molar-refractivity contribution in [2.24, 2.45) is 5.10 Å². The first-order valence-electron chi connectivity index (χ1n) is 9.02. The summed E-state index contributed by atoms with van der Waals surface area (Å²) in [5.41, 5.74) is 2.42. The molecule has 0 saturated carbocycles. The number of hydrogen-bond acceptors (Lipinski definition) is 3. The lowest BCUT2D eigenvalue weighted by Crippen LogP contribution is -2.06. The molecule has 1 heterocycles. The Labute approximate surface area is 174 Å². The first-order valence-corrected chi connectivity index (χ1v) is 11.2. The van der Waals surface area contributed by atoms with Gasteiger partial charge < -0.3 is 4.74 Å². The number of nitrogens with one attached hydrogen (secondary N) is 1. The second-order valence-electron chi connectivity index (χ2n) is 6.41. The van der Waals surface area contributed by atoms with E-state index in [-0.39, 0.29) is 0 Å². The van der Waals surface area contributed by atoms with Gasteiger partial charge in [0, 0.05) is 33.3 Å². The molecule has 0 unspecified atom stereocenters. The van der Waals surface area contributed by atoms with Crippen molar-refractivity contribution in [3.63, 3.8) is 0 Å². The lowest BCUT2D eigenvalue weighted by atomic mass is 10.2. The van der Waals surface area contributed by atoms with Crippen molar-refractivity contribution in [3.05, 3.63) is 118 Å². The maximum Gasteiger partial charge on any atom is 0.235 e. The maximum absolute atomic E-state index is 13.6. The van der Waals surface area contributed by atoms with Gasteiger partial charge in [0.25, 0.3) is 0 Å². The summed E-state index contributed by atoms with van der Waals surface area (Å²) in [6.07, 6.45) is 1.56. The Bertz CT molecular complexity index is 1080. The summed E-state index contributed by atoms with van der Waals surface area (Å²) in [5.74, 6) is 4.24. The monoisotopic (exact) mass is 420 g/mol. The molecule has 29 heavy (non-hydrogen) atoms. The van der Waals surface area contributed by atoms with Crippen LogP contribution < -0.4 is 5.20 Å². The molecule has 0 bridgehead atoms. The van der Waals surface area contributed by atoms with Crippen molar-refractivity contribution in [1.82, 2.24) is 5.20 Å². The van der Waals surface area contributed by atoms with Gasteiger partial charge in [-0.25, -0.2) is 0 Å². The van der Waals surface area contributed by atoms with Crippen LogP contribution in [0.4, 0.5) is 0 Å². The van der Waals surface area contributed by atoms with E-state index in [1.807, 2.05) is 78.9 Å². The van der Waals surface area contributed by atoms with E-state index >= 15 is 0 Å². The van der Waals surface area contributed by atoms with Crippen LogP contribution in [0.1, 0.15) is 16.7 Å². The van der Waals surface area contributed by atoms with Crippen LogP contribution in [0.3, 0.4) is 0 Å². The minimum absolute atomic E-state index is 0.524. The third kappa shape index (κ3) is 4.68. The molecule has 4 rings (SSSR count).